The number of nitrogens with two attached hydrogens (primary N) is 1. The van der Waals surface area contributed by atoms with E-state index in [1.807, 2.05) is 0 Å². The molecule has 3 rings (SSSR count). The van der Waals surface area contributed by atoms with Gasteiger partial charge in [0.2, 0.25) is 0 Å². The van der Waals surface area contributed by atoms with Crippen molar-refractivity contribution in [3.05, 3.63) is 12.0 Å². The number of nitrogens with zero attached hydrogens (tertiary/aromatic N) is 2. The van der Waals surface area contributed by atoms with Crippen LogP contribution in [0, 0.1) is 0 Å². The Hall–Kier alpha value is -1.68. The maximum absolute atomic E-state index is 11.8. The molecule has 9 heteroatoms. The van der Waals surface area contributed by atoms with E-state index in [0.29, 0.717) is 0 Å². The molecule has 128 valence electrons. The number of nitrogen functional groups attached to an aromatic ring is 1. The molecule has 0 amide bonds. The normalized spacial score (nSPS) is 32.0. The first-order chi connectivity index (χ1) is 10.9. The molecule has 0 saturated carbocycles. The molecule has 1 aromatic heterocycles. The number of aromatic nitrogens is 2. The van der Waals surface area contributed by atoms with E-state index in [1.54, 1.807) is 20.8 Å². The highest BCUT2D eigenvalue weighted by molar-refractivity contribution is 5.92. The fraction of sp³-hybridized carbons (Fsp3) is 0.714. The highest BCUT2D eigenvalue weighted by atomic mass is 16.8. The minimum Gasteiger partial charge on any atom is -0.461 e. The highest BCUT2D eigenvalue weighted by Gasteiger charge is 2.56. The van der Waals surface area contributed by atoms with Gasteiger partial charge >= 0.3 is 5.97 Å². The summed E-state index contributed by atoms with van der Waals surface area (Å²) in [7, 11) is 0. The van der Waals surface area contributed by atoms with Crippen LogP contribution in [0.2, 0.25) is 0 Å². The number of carbonyl (C=O) groups is 1. The number of hydrogen-bond donors (Lipinski definition) is 2. The van der Waals surface area contributed by atoms with Gasteiger partial charge in [-0.25, -0.2) is 9.78 Å². The summed E-state index contributed by atoms with van der Waals surface area (Å²) in [4.78, 5) is 15.8. The third-order valence-corrected chi connectivity index (χ3v) is 3.88. The Kier molecular flexibility index (Phi) is 4.05. The Labute approximate surface area is 133 Å². The Morgan fingerprint density at radius 3 is 2.83 bits per heavy atom. The van der Waals surface area contributed by atoms with Crippen LogP contribution in [-0.2, 0) is 18.9 Å². The van der Waals surface area contributed by atoms with Crippen LogP contribution in [-0.4, -0.2) is 57.9 Å². The summed E-state index contributed by atoms with van der Waals surface area (Å²) >= 11 is 0. The summed E-state index contributed by atoms with van der Waals surface area (Å²) in [6, 6.07) is 0. The van der Waals surface area contributed by atoms with Gasteiger partial charge in [-0.05, 0) is 20.8 Å². The number of ether oxygens (including phenoxy) is 4. The van der Waals surface area contributed by atoms with Crippen LogP contribution in [0.4, 0.5) is 5.82 Å². The van der Waals surface area contributed by atoms with Gasteiger partial charge < -0.3 is 29.8 Å². The molecule has 23 heavy (non-hydrogen) atoms. The first-order valence-electron chi connectivity index (χ1n) is 7.49. The van der Waals surface area contributed by atoms with E-state index in [0.717, 1.165) is 0 Å². The number of aliphatic hydroxyl groups is 1. The number of rotatable bonds is 4. The van der Waals surface area contributed by atoms with Crippen LogP contribution in [0.25, 0.3) is 0 Å². The molecule has 9 nitrogen and oxygen atoms in total. The predicted molar refractivity (Wildman–Crippen MR) is 77.4 cm³/mol. The van der Waals surface area contributed by atoms with E-state index in [1.165, 1.54) is 10.9 Å². The van der Waals surface area contributed by atoms with E-state index in [-0.39, 0.29) is 24.7 Å². The van der Waals surface area contributed by atoms with Gasteiger partial charge in [-0.3, -0.25) is 4.57 Å². The van der Waals surface area contributed by atoms with Gasteiger partial charge in [0.1, 0.15) is 24.1 Å². The molecule has 2 aliphatic rings. The average molecular weight is 327 g/mol. The fourth-order valence-electron chi connectivity index (χ4n) is 2.96. The van der Waals surface area contributed by atoms with Crippen molar-refractivity contribution in [2.75, 3.05) is 18.9 Å². The van der Waals surface area contributed by atoms with Crippen molar-refractivity contribution >= 4 is 11.8 Å². The number of anilines is 1. The number of hydrogen-bond acceptors (Lipinski definition) is 8. The molecule has 1 aromatic rings. The zero-order chi connectivity index (χ0) is 16.8. The second-order valence-electron chi connectivity index (χ2n) is 5.92. The lowest BCUT2D eigenvalue weighted by atomic mass is 10.1. The largest absolute Gasteiger partial charge is 0.461 e. The first kappa shape index (κ1) is 16.2. The van der Waals surface area contributed by atoms with Gasteiger partial charge in [-0.1, -0.05) is 0 Å². The van der Waals surface area contributed by atoms with Crippen LogP contribution >= 0.6 is 0 Å². The van der Waals surface area contributed by atoms with E-state index in [9.17, 15) is 9.90 Å². The standard InChI is InChI=1S/C14H21N3O6/c1-4-20-13(19)8-11(15)17(6-16-8)12-10-9(7(5-18)21-12)22-14(2,3)23-10/h6-7,9-10,12,18H,4-5,15H2,1-3H3/t7-,9-,10-,12+/m1/s1. The van der Waals surface area contributed by atoms with Crippen molar-refractivity contribution in [2.45, 2.75) is 51.1 Å². The summed E-state index contributed by atoms with van der Waals surface area (Å²) in [6.45, 7) is 5.30. The smallest absolute Gasteiger partial charge is 0.360 e. The minimum absolute atomic E-state index is 0.0256. The van der Waals surface area contributed by atoms with Crippen LogP contribution in [0.3, 0.4) is 0 Å². The molecule has 3 heterocycles. The molecule has 0 radical (unpaired) electrons. The van der Waals surface area contributed by atoms with Gasteiger partial charge in [0.05, 0.1) is 19.5 Å². The summed E-state index contributed by atoms with van der Waals surface area (Å²) < 4.78 is 23.9. The molecular weight excluding hydrogens is 306 g/mol. The monoisotopic (exact) mass is 327 g/mol. The van der Waals surface area contributed by atoms with E-state index < -0.39 is 36.3 Å². The van der Waals surface area contributed by atoms with E-state index >= 15 is 0 Å². The first-order valence-corrected chi connectivity index (χ1v) is 7.49. The molecule has 0 aliphatic carbocycles. The molecule has 3 N–H and O–H groups in total. The number of esters is 1. The highest BCUT2D eigenvalue weighted by Crippen LogP contribution is 2.43. The predicted octanol–water partition coefficient (Wildman–Crippen LogP) is 0.0518. The lowest BCUT2D eigenvalue weighted by Crippen LogP contribution is -2.31. The zero-order valence-corrected chi connectivity index (χ0v) is 13.3. The van der Waals surface area contributed by atoms with Crippen molar-refractivity contribution in [1.29, 1.82) is 0 Å². The average Bonchev–Trinajstić information content (AvgIpc) is 3.10. The second kappa shape index (κ2) is 5.75. The fourth-order valence-corrected chi connectivity index (χ4v) is 2.96. The molecule has 4 atom stereocenters. The molecule has 0 unspecified atom stereocenters. The van der Waals surface area contributed by atoms with Crippen molar-refractivity contribution in [3.8, 4) is 0 Å². The topological polar surface area (TPSA) is 118 Å². The summed E-state index contributed by atoms with van der Waals surface area (Å²) in [5, 5.41) is 9.49. The second-order valence-corrected chi connectivity index (χ2v) is 5.92. The van der Waals surface area contributed by atoms with Gasteiger partial charge in [-0.15, -0.1) is 0 Å². The number of carbonyl (C=O) groups excluding carboxylic acids is 1. The minimum atomic E-state index is -0.788. The van der Waals surface area contributed by atoms with Crippen molar-refractivity contribution in [1.82, 2.24) is 9.55 Å². The van der Waals surface area contributed by atoms with E-state index in [4.69, 9.17) is 24.7 Å². The quantitative estimate of drug-likeness (QED) is 0.745. The van der Waals surface area contributed by atoms with Gasteiger partial charge in [0.15, 0.2) is 17.7 Å². The molecule has 2 saturated heterocycles. The summed E-state index contributed by atoms with van der Waals surface area (Å²) in [5.41, 5.74) is 6.04. The third kappa shape index (κ3) is 2.69. The SMILES string of the molecule is CCOC(=O)c1ncn([C@H]2O[C@H](CO)[C@H]3OC(C)(C)O[C@H]32)c1N. The van der Waals surface area contributed by atoms with Crippen LogP contribution in [0.5, 0.6) is 0 Å². The van der Waals surface area contributed by atoms with E-state index in [2.05, 4.69) is 4.98 Å². The van der Waals surface area contributed by atoms with Crippen LogP contribution in [0.15, 0.2) is 6.33 Å². The Morgan fingerprint density at radius 1 is 1.48 bits per heavy atom. The zero-order valence-electron chi connectivity index (χ0n) is 13.3. The van der Waals surface area contributed by atoms with Gasteiger partial charge in [0.25, 0.3) is 0 Å². The van der Waals surface area contributed by atoms with Gasteiger partial charge in [0, 0.05) is 0 Å². The van der Waals surface area contributed by atoms with Crippen LogP contribution < -0.4 is 5.73 Å². The lowest BCUT2D eigenvalue weighted by Gasteiger charge is -2.24. The maximum Gasteiger partial charge on any atom is 0.360 e. The Morgan fingerprint density at radius 2 is 2.17 bits per heavy atom. The third-order valence-electron chi connectivity index (χ3n) is 3.88. The molecule has 0 bridgehead atoms. The lowest BCUT2D eigenvalue weighted by molar-refractivity contribution is -0.199. The van der Waals surface area contributed by atoms with Crippen molar-refractivity contribution in [2.24, 2.45) is 0 Å². The summed E-state index contributed by atoms with van der Waals surface area (Å²) in [6.07, 6.45) is -0.673. The summed E-state index contributed by atoms with van der Waals surface area (Å²) in [5.74, 6) is -1.26. The maximum atomic E-state index is 11.8. The number of fused-ring (bicyclic) bond motifs is 1. The van der Waals surface area contributed by atoms with Crippen molar-refractivity contribution < 1.29 is 28.8 Å². The number of imidazole rings is 1. The molecular formula is C14H21N3O6. The number of aliphatic hydroxyl groups excluding tert-OH is 1. The Bertz CT molecular complexity index is 601. The molecule has 2 aliphatic heterocycles. The Balaban J connectivity index is 1.89. The molecule has 0 spiro atoms. The van der Waals surface area contributed by atoms with Crippen molar-refractivity contribution in [3.63, 3.8) is 0 Å². The van der Waals surface area contributed by atoms with Crippen LogP contribution in [0.1, 0.15) is 37.5 Å². The molecule has 0 aromatic carbocycles. The van der Waals surface area contributed by atoms with Gasteiger partial charge in [-0.2, -0.15) is 0 Å². The molecule has 2 fully saturated rings.